The lowest BCUT2D eigenvalue weighted by atomic mass is 10.2. The van der Waals surface area contributed by atoms with Crippen molar-refractivity contribution in [3.05, 3.63) is 60.8 Å². The lowest BCUT2D eigenvalue weighted by molar-refractivity contribution is -0.121. The molecule has 1 fully saturated rings. The van der Waals surface area contributed by atoms with Crippen LogP contribution in [0, 0.1) is 0 Å². The molecule has 2 amide bonds. The smallest absolute Gasteiger partial charge is 0.256 e. The van der Waals surface area contributed by atoms with Crippen LogP contribution >= 0.6 is 0 Å². The first-order valence-electron chi connectivity index (χ1n) is 7.48. The zero-order valence-corrected chi connectivity index (χ0v) is 12.3. The number of benzene rings is 2. The van der Waals surface area contributed by atoms with E-state index in [0.29, 0.717) is 5.69 Å². The van der Waals surface area contributed by atoms with Gasteiger partial charge in [0.15, 0.2) is 0 Å². The fourth-order valence-corrected chi connectivity index (χ4v) is 2.93. The van der Waals surface area contributed by atoms with Crippen LogP contribution in [-0.4, -0.2) is 22.8 Å². The molecule has 2 heterocycles. The number of nitrogens with one attached hydrogen (secondary N) is 2. The van der Waals surface area contributed by atoms with Crippen LogP contribution in [0.2, 0.25) is 0 Å². The van der Waals surface area contributed by atoms with Gasteiger partial charge >= 0.3 is 0 Å². The van der Waals surface area contributed by atoms with Crippen LogP contribution in [0.4, 0.5) is 11.4 Å². The molecular weight excluding hydrogens is 290 g/mol. The van der Waals surface area contributed by atoms with E-state index in [-0.39, 0.29) is 18.2 Å². The topological polar surface area (TPSA) is 65.2 Å². The van der Waals surface area contributed by atoms with Crippen molar-refractivity contribution in [2.24, 2.45) is 0 Å². The van der Waals surface area contributed by atoms with Crippen molar-refractivity contribution < 1.29 is 9.59 Å². The first kappa shape index (κ1) is 13.6. The van der Waals surface area contributed by atoms with E-state index in [0.717, 1.165) is 16.6 Å². The van der Waals surface area contributed by atoms with Gasteiger partial charge in [-0.2, -0.15) is 0 Å². The number of hydrogen-bond donors (Lipinski definition) is 2. The van der Waals surface area contributed by atoms with E-state index in [1.54, 1.807) is 12.1 Å². The Labute approximate surface area is 132 Å². The zero-order chi connectivity index (χ0) is 15.8. The number of imide groups is 1. The van der Waals surface area contributed by atoms with Gasteiger partial charge < -0.3 is 10.3 Å². The van der Waals surface area contributed by atoms with Crippen LogP contribution in [-0.2, 0) is 9.59 Å². The molecule has 1 aliphatic heterocycles. The van der Waals surface area contributed by atoms with E-state index in [1.807, 2.05) is 48.7 Å². The number of H-pyrrole nitrogens is 1. The summed E-state index contributed by atoms with van der Waals surface area (Å²) in [7, 11) is 0. The standard InChI is InChI=1S/C18H15N3O2/c22-17-11-16(18(23)21(17)14-4-2-1-3-5-14)20-13-7-6-12-8-9-19-15(12)10-13/h1-10,16,19-20H,11H2/t16-/m1/s1. The second-order valence-corrected chi connectivity index (χ2v) is 5.58. The number of hydrogen-bond acceptors (Lipinski definition) is 3. The Bertz CT molecular complexity index is 885. The Morgan fingerprint density at radius 2 is 1.87 bits per heavy atom. The highest BCUT2D eigenvalue weighted by Gasteiger charge is 2.39. The maximum absolute atomic E-state index is 12.6. The number of rotatable bonds is 3. The number of amides is 2. The molecule has 2 aromatic carbocycles. The quantitative estimate of drug-likeness (QED) is 0.731. The van der Waals surface area contributed by atoms with Gasteiger partial charge in [0.1, 0.15) is 6.04 Å². The summed E-state index contributed by atoms with van der Waals surface area (Å²) >= 11 is 0. The van der Waals surface area contributed by atoms with E-state index >= 15 is 0 Å². The lowest BCUT2D eigenvalue weighted by Crippen LogP contribution is -2.34. The highest BCUT2D eigenvalue weighted by molar-refractivity contribution is 6.23. The molecule has 1 aromatic heterocycles. The van der Waals surface area contributed by atoms with Gasteiger partial charge in [0.05, 0.1) is 12.1 Å². The summed E-state index contributed by atoms with van der Waals surface area (Å²) in [6, 6.07) is 16.3. The summed E-state index contributed by atoms with van der Waals surface area (Å²) in [5.74, 6) is -0.396. The van der Waals surface area contributed by atoms with Gasteiger partial charge in [-0.25, -0.2) is 4.90 Å². The molecular formula is C18H15N3O2. The number of carbonyl (C=O) groups is 2. The third-order valence-electron chi connectivity index (χ3n) is 4.06. The highest BCUT2D eigenvalue weighted by atomic mass is 16.2. The van der Waals surface area contributed by atoms with E-state index in [1.165, 1.54) is 4.90 Å². The Kier molecular flexibility index (Phi) is 3.12. The molecule has 0 spiro atoms. The Balaban J connectivity index is 1.58. The summed E-state index contributed by atoms with van der Waals surface area (Å²) < 4.78 is 0. The fourth-order valence-electron chi connectivity index (χ4n) is 2.93. The molecule has 3 aromatic rings. The molecule has 5 heteroatoms. The minimum absolute atomic E-state index is 0.163. The Morgan fingerprint density at radius 1 is 1.04 bits per heavy atom. The molecule has 1 saturated heterocycles. The van der Waals surface area contributed by atoms with Crippen molar-refractivity contribution >= 4 is 34.1 Å². The average molecular weight is 305 g/mol. The first-order valence-corrected chi connectivity index (χ1v) is 7.48. The van der Waals surface area contributed by atoms with Crippen molar-refractivity contribution in [1.29, 1.82) is 0 Å². The molecule has 0 bridgehead atoms. The van der Waals surface area contributed by atoms with Gasteiger partial charge in [-0.15, -0.1) is 0 Å². The highest BCUT2D eigenvalue weighted by Crippen LogP contribution is 2.25. The van der Waals surface area contributed by atoms with Crippen LogP contribution in [0.25, 0.3) is 10.9 Å². The number of aromatic amines is 1. The van der Waals surface area contributed by atoms with Crippen molar-refractivity contribution in [3.63, 3.8) is 0 Å². The zero-order valence-electron chi connectivity index (χ0n) is 12.3. The number of anilines is 2. The van der Waals surface area contributed by atoms with Gasteiger partial charge in [0.2, 0.25) is 5.91 Å². The summed E-state index contributed by atoms with van der Waals surface area (Å²) in [4.78, 5) is 29.2. The summed E-state index contributed by atoms with van der Waals surface area (Å²) in [5, 5.41) is 4.28. The molecule has 2 N–H and O–H groups in total. The largest absolute Gasteiger partial charge is 0.373 e. The minimum atomic E-state index is -0.532. The normalized spacial score (nSPS) is 17.9. The summed E-state index contributed by atoms with van der Waals surface area (Å²) in [5.41, 5.74) is 2.43. The van der Waals surface area contributed by atoms with E-state index in [9.17, 15) is 9.59 Å². The number of nitrogens with zero attached hydrogens (tertiary/aromatic N) is 1. The van der Waals surface area contributed by atoms with Crippen LogP contribution in [0.15, 0.2) is 60.8 Å². The summed E-state index contributed by atoms with van der Waals surface area (Å²) in [6.07, 6.45) is 2.03. The molecule has 0 saturated carbocycles. The van der Waals surface area contributed by atoms with Gasteiger partial charge in [0, 0.05) is 17.4 Å². The third-order valence-corrected chi connectivity index (χ3v) is 4.06. The molecule has 0 radical (unpaired) electrons. The SMILES string of the molecule is O=C1C[C@@H](Nc2ccc3cc[nH]c3c2)C(=O)N1c1ccccc1. The molecule has 0 aliphatic carbocycles. The van der Waals surface area contributed by atoms with Crippen molar-refractivity contribution in [1.82, 2.24) is 4.98 Å². The minimum Gasteiger partial charge on any atom is -0.373 e. The second-order valence-electron chi connectivity index (χ2n) is 5.58. The van der Waals surface area contributed by atoms with Gasteiger partial charge in [-0.1, -0.05) is 24.3 Å². The third kappa shape index (κ3) is 2.36. The van der Waals surface area contributed by atoms with Crippen LogP contribution < -0.4 is 10.2 Å². The molecule has 1 aliphatic rings. The maximum Gasteiger partial charge on any atom is 0.256 e. The van der Waals surface area contributed by atoms with E-state index < -0.39 is 6.04 Å². The number of carbonyl (C=O) groups excluding carboxylic acids is 2. The number of fused-ring (bicyclic) bond motifs is 1. The number of para-hydroxylation sites is 1. The monoisotopic (exact) mass is 305 g/mol. The molecule has 4 rings (SSSR count). The first-order chi connectivity index (χ1) is 11.2. The molecule has 1 atom stereocenters. The van der Waals surface area contributed by atoms with Crippen molar-refractivity contribution in [3.8, 4) is 0 Å². The average Bonchev–Trinajstić information content (AvgIpc) is 3.13. The second kappa shape index (κ2) is 5.28. The van der Waals surface area contributed by atoms with Crippen LogP contribution in [0.5, 0.6) is 0 Å². The van der Waals surface area contributed by atoms with Crippen LogP contribution in [0.1, 0.15) is 6.42 Å². The van der Waals surface area contributed by atoms with Gasteiger partial charge in [-0.3, -0.25) is 9.59 Å². The fraction of sp³-hybridized carbons (Fsp3) is 0.111. The number of aromatic nitrogens is 1. The molecule has 5 nitrogen and oxygen atoms in total. The molecule has 114 valence electrons. The van der Waals surface area contributed by atoms with Gasteiger partial charge in [0.25, 0.3) is 5.91 Å². The van der Waals surface area contributed by atoms with Crippen molar-refractivity contribution in [2.75, 3.05) is 10.2 Å². The Morgan fingerprint density at radius 3 is 2.70 bits per heavy atom. The Hall–Kier alpha value is -3.08. The van der Waals surface area contributed by atoms with E-state index in [4.69, 9.17) is 0 Å². The summed E-state index contributed by atoms with van der Waals surface area (Å²) in [6.45, 7) is 0. The van der Waals surface area contributed by atoms with Crippen LogP contribution in [0.3, 0.4) is 0 Å². The maximum atomic E-state index is 12.6. The van der Waals surface area contributed by atoms with Crippen molar-refractivity contribution in [2.45, 2.75) is 12.5 Å². The lowest BCUT2D eigenvalue weighted by Gasteiger charge is -2.16. The van der Waals surface area contributed by atoms with Gasteiger partial charge in [-0.05, 0) is 35.7 Å². The molecule has 0 unspecified atom stereocenters. The predicted octanol–water partition coefficient (Wildman–Crippen LogP) is 2.91. The predicted molar refractivity (Wildman–Crippen MR) is 89.3 cm³/mol. The van der Waals surface area contributed by atoms with E-state index in [2.05, 4.69) is 10.3 Å². The molecule has 23 heavy (non-hydrogen) atoms.